The summed E-state index contributed by atoms with van der Waals surface area (Å²) in [5.41, 5.74) is 5.43. The molecule has 192 valence electrons. The van der Waals surface area contributed by atoms with Gasteiger partial charge in [-0.05, 0) is 55.3 Å². The fourth-order valence-electron chi connectivity index (χ4n) is 4.80. The first-order chi connectivity index (χ1) is 15.3. The number of carbonyl (C=O) groups is 1. The molecule has 0 aliphatic heterocycles. The zero-order chi connectivity index (χ0) is 24.2. The summed E-state index contributed by atoms with van der Waals surface area (Å²) in [6.45, 7) is 20.9. The molecule has 0 bridgehead atoms. The van der Waals surface area contributed by atoms with Gasteiger partial charge in [-0.2, -0.15) is 0 Å². The topological polar surface area (TPSA) is 91.2 Å². The molecule has 0 aromatic heterocycles. The van der Waals surface area contributed by atoms with Crippen LogP contribution in [0.5, 0.6) is 0 Å². The van der Waals surface area contributed by atoms with Crippen molar-refractivity contribution in [1.29, 1.82) is 0 Å². The Morgan fingerprint density at radius 1 is 0.625 bits per heavy atom. The average molecular weight is 456 g/mol. The second-order valence-electron chi connectivity index (χ2n) is 10.5. The van der Waals surface area contributed by atoms with Gasteiger partial charge in [0.25, 0.3) is 0 Å². The Bertz CT molecular complexity index is 434. The van der Waals surface area contributed by atoms with Crippen molar-refractivity contribution in [2.45, 2.75) is 80.1 Å². The normalized spacial score (nSPS) is 16.3. The quantitative estimate of drug-likeness (QED) is 0.161. The predicted octanol–water partition coefficient (Wildman–Crippen LogP) is 3.37. The largest absolute Gasteiger partial charge is 0.355 e. The summed E-state index contributed by atoms with van der Waals surface area (Å²) in [7, 11) is 0. The second-order valence-corrected chi connectivity index (χ2v) is 10.5. The SMILES string of the molecule is CCC(C)CC(C)CC(C)CC(C)CC(C)CC(=O)NCCNCCNCCNCCN. The van der Waals surface area contributed by atoms with E-state index in [1.54, 1.807) is 0 Å². The summed E-state index contributed by atoms with van der Waals surface area (Å²) in [6, 6.07) is 0. The average Bonchev–Trinajstić information content (AvgIpc) is 2.71. The minimum absolute atomic E-state index is 0.186. The molecule has 6 heteroatoms. The molecule has 6 N–H and O–H groups in total. The van der Waals surface area contributed by atoms with E-state index >= 15 is 0 Å². The summed E-state index contributed by atoms with van der Waals surface area (Å²) in [4.78, 5) is 12.2. The summed E-state index contributed by atoms with van der Waals surface area (Å²) < 4.78 is 0. The zero-order valence-electron chi connectivity index (χ0n) is 22.3. The molecule has 0 aliphatic carbocycles. The van der Waals surface area contributed by atoms with Gasteiger partial charge < -0.3 is 27.0 Å². The highest BCUT2D eigenvalue weighted by atomic mass is 16.1. The van der Waals surface area contributed by atoms with Gasteiger partial charge >= 0.3 is 0 Å². The molecule has 0 heterocycles. The first kappa shape index (κ1) is 31.3. The smallest absolute Gasteiger partial charge is 0.220 e. The first-order valence-electron chi connectivity index (χ1n) is 13.4. The van der Waals surface area contributed by atoms with Crippen LogP contribution >= 0.6 is 0 Å². The van der Waals surface area contributed by atoms with Crippen molar-refractivity contribution in [3.63, 3.8) is 0 Å². The van der Waals surface area contributed by atoms with Gasteiger partial charge in [0.1, 0.15) is 0 Å². The lowest BCUT2D eigenvalue weighted by molar-refractivity contribution is -0.121. The highest BCUT2D eigenvalue weighted by Gasteiger charge is 2.17. The van der Waals surface area contributed by atoms with Gasteiger partial charge in [0.05, 0.1) is 0 Å². The number of rotatable bonds is 22. The second kappa shape index (κ2) is 20.9. The van der Waals surface area contributed by atoms with Crippen LogP contribution in [-0.2, 0) is 4.79 Å². The third-order valence-corrected chi connectivity index (χ3v) is 6.35. The van der Waals surface area contributed by atoms with Crippen molar-refractivity contribution in [3.05, 3.63) is 0 Å². The summed E-state index contributed by atoms with van der Waals surface area (Å²) in [5, 5.41) is 13.0. The van der Waals surface area contributed by atoms with Crippen molar-refractivity contribution < 1.29 is 4.79 Å². The molecule has 0 rings (SSSR count). The van der Waals surface area contributed by atoms with Crippen LogP contribution in [0.3, 0.4) is 0 Å². The maximum Gasteiger partial charge on any atom is 0.220 e. The molecule has 0 saturated heterocycles. The molecule has 0 aromatic carbocycles. The van der Waals surface area contributed by atoms with E-state index in [1.807, 2.05) is 0 Å². The molecule has 1 amide bonds. The highest BCUT2D eigenvalue weighted by Crippen LogP contribution is 2.27. The number of nitrogens with two attached hydrogens (primary N) is 1. The Balaban J connectivity index is 3.73. The van der Waals surface area contributed by atoms with E-state index in [9.17, 15) is 4.79 Å². The van der Waals surface area contributed by atoms with E-state index < -0.39 is 0 Å². The Morgan fingerprint density at radius 3 is 1.50 bits per heavy atom. The Labute approximate surface area is 200 Å². The van der Waals surface area contributed by atoms with Crippen LogP contribution in [0.25, 0.3) is 0 Å². The van der Waals surface area contributed by atoms with Crippen molar-refractivity contribution in [2.75, 3.05) is 52.4 Å². The summed E-state index contributed by atoms with van der Waals surface area (Å²) >= 11 is 0. The van der Waals surface area contributed by atoms with Gasteiger partial charge in [0.15, 0.2) is 0 Å². The van der Waals surface area contributed by atoms with E-state index in [0.29, 0.717) is 31.3 Å². The molecular formula is C26H57N5O. The molecule has 0 aliphatic rings. The molecule has 0 spiro atoms. The Kier molecular flexibility index (Phi) is 20.4. The highest BCUT2D eigenvalue weighted by molar-refractivity contribution is 5.76. The molecular weight excluding hydrogens is 398 g/mol. The summed E-state index contributed by atoms with van der Waals surface area (Å²) in [5.74, 6) is 3.74. The molecule has 0 fully saturated rings. The summed E-state index contributed by atoms with van der Waals surface area (Å²) in [6.07, 6.45) is 7.02. The third-order valence-electron chi connectivity index (χ3n) is 6.35. The van der Waals surface area contributed by atoms with E-state index in [-0.39, 0.29) is 5.91 Å². The molecule has 0 aromatic rings. The van der Waals surface area contributed by atoms with Crippen LogP contribution < -0.4 is 27.0 Å². The van der Waals surface area contributed by atoms with Gasteiger partial charge in [-0.25, -0.2) is 0 Å². The number of hydrogen-bond acceptors (Lipinski definition) is 5. The maximum atomic E-state index is 12.2. The predicted molar refractivity (Wildman–Crippen MR) is 140 cm³/mol. The van der Waals surface area contributed by atoms with Gasteiger partial charge in [0, 0.05) is 58.8 Å². The lowest BCUT2D eigenvalue weighted by atomic mass is 9.82. The van der Waals surface area contributed by atoms with Gasteiger partial charge in [0.2, 0.25) is 5.91 Å². The lowest BCUT2D eigenvalue weighted by Crippen LogP contribution is -2.37. The first-order valence-corrected chi connectivity index (χ1v) is 13.4. The van der Waals surface area contributed by atoms with Crippen molar-refractivity contribution in [3.8, 4) is 0 Å². The van der Waals surface area contributed by atoms with Crippen molar-refractivity contribution in [2.24, 2.45) is 35.3 Å². The number of nitrogens with one attached hydrogen (secondary N) is 4. The van der Waals surface area contributed by atoms with Gasteiger partial charge in [-0.15, -0.1) is 0 Å². The zero-order valence-corrected chi connectivity index (χ0v) is 22.3. The minimum atomic E-state index is 0.186. The van der Waals surface area contributed by atoms with Crippen LogP contribution in [0.4, 0.5) is 0 Å². The van der Waals surface area contributed by atoms with Crippen LogP contribution in [0.15, 0.2) is 0 Å². The van der Waals surface area contributed by atoms with E-state index in [2.05, 4.69) is 62.8 Å². The van der Waals surface area contributed by atoms with E-state index in [0.717, 1.165) is 63.4 Å². The van der Waals surface area contributed by atoms with Crippen molar-refractivity contribution in [1.82, 2.24) is 21.3 Å². The van der Waals surface area contributed by atoms with Gasteiger partial charge in [-0.3, -0.25) is 4.79 Å². The third kappa shape index (κ3) is 20.0. The Hall–Kier alpha value is -0.690. The van der Waals surface area contributed by atoms with Crippen LogP contribution in [-0.4, -0.2) is 58.3 Å². The van der Waals surface area contributed by atoms with Crippen molar-refractivity contribution >= 4 is 5.91 Å². The van der Waals surface area contributed by atoms with E-state index in [4.69, 9.17) is 5.73 Å². The number of carbonyl (C=O) groups excluding carboxylic acids is 1. The monoisotopic (exact) mass is 455 g/mol. The van der Waals surface area contributed by atoms with Crippen LogP contribution in [0, 0.1) is 29.6 Å². The fraction of sp³-hybridized carbons (Fsp3) is 0.962. The Morgan fingerprint density at radius 2 is 1.03 bits per heavy atom. The van der Waals surface area contributed by atoms with Crippen LogP contribution in [0.1, 0.15) is 80.1 Å². The van der Waals surface area contributed by atoms with Crippen LogP contribution in [0.2, 0.25) is 0 Å². The van der Waals surface area contributed by atoms with E-state index in [1.165, 1.54) is 25.7 Å². The lowest BCUT2D eigenvalue weighted by Gasteiger charge is -2.24. The molecule has 32 heavy (non-hydrogen) atoms. The molecule has 5 unspecified atom stereocenters. The van der Waals surface area contributed by atoms with Gasteiger partial charge in [-0.1, -0.05) is 48.0 Å². The number of hydrogen-bond donors (Lipinski definition) is 5. The maximum absolute atomic E-state index is 12.2. The molecule has 0 saturated carbocycles. The standard InChI is InChI=1S/C26H57N5O/c1-7-21(2)16-22(3)17-23(4)18-24(5)19-25(6)20-26(32)31-15-14-30-13-12-29-11-10-28-9-8-27/h21-25,28-30H,7-20,27H2,1-6H3,(H,31,32). The minimum Gasteiger partial charge on any atom is -0.355 e. The molecule has 0 radical (unpaired) electrons. The number of amides is 1. The molecule has 6 nitrogen and oxygen atoms in total. The fourth-order valence-corrected chi connectivity index (χ4v) is 4.80. The molecule has 5 atom stereocenters.